The smallest absolute Gasteiger partial charge is 0.0965 e. The standard InChI is InChI=1S/C13H22N6/c1-13(2,3)19-10-12(16-17-19)9-14-5-4-7-18-8-6-15-11-18/h6,8,10-11,14H,4-5,7,9H2,1-3H3. The fraction of sp³-hybridized carbons (Fsp3) is 0.615. The summed E-state index contributed by atoms with van der Waals surface area (Å²) in [6.45, 7) is 9.06. The number of nitrogens with zero attached hydrogens (tertiary/aromatic N) is 5. The fourth-order valence-electron chi connectivity index (χ4n) is 1.73. The van der Waals surface area contributed by atoms with Gasteiger partial charge >= 0.3 is 0 Å². The van der Waals surface area contributed by atoms with Gasteiger partial charge in [0.05, 0.1) is 23.8 Å². The highest BCUT2D eigenvalue weighted by Crippen LogP contribution is 2.11. The average Bonchev–Trinajstić information content (AvgIpc) is 2.97. The zero-order valence-electron chi connectivity index (χ0n) is 11.9. The highest BCUT2D eigenvalue weighted by atomic mass is 15.4. The van der Waals surface area contributed by atoms with Crippen molar-refractivity contribution in [1.29, 1.82) is 0 Å². The minimum Gasteiger partial charge on any atom is -0.337 e. The third-order valence-electron chi connectivity index (χ3n) is 2.86. The van der Waals surface area contributed by atoms with Crippen LogP contribution in [0.3, 0.4) is 0 Å². The molecule has 0 aliphatic heterocycles. The summed E-state index contributed by atoms with van der Waals surface area (Å²) in [5.74, 6) is 0. The van der Waals surface area contributed by atoms with Crippen molar-refractivity contribution in [3.63, 3.8) is 0 Å². The van der Waals surface area contributed by atoms with E-state index in [4.69, 9.17) is 0 Å². The molecule has 0 radical (unpaired) electrons. The van der Waals surface area contributed by atoms with Crippen molar-refractivity contribution in [2.75, 3.05) is 6.54 Å². The van der Waals surface area contributed by atoms with Gasteiger partial charge in [0.25, 0.3) is 0 Å². The maximum Gasteiger partial charge on any atom is 0.0965 e. The number of aryl methyl sites for hydroxylation is 1. The molecule has 0 unspecified atom stereocenters. The Bertz CT molecular complexity index is 479. The second kappa shape index (κ2) is 5.97. The normalized spacial score (nSPS) is 11.9. The Morgan fingerprint density at radius 3 is 2.79 bits per heavy atom. The Kier molecular flexibility index (Phi) is 4.31. The summed E-state index contributed by atoms with van der Waals surface area (Å²) in [5, 5.41) is 11.7. The van der Waals surface area contributed by atoms with Crippen molar-refractivity contribution in [1.82, 2.24) is 29.9 Å². The summed E-state index contributed by atoms with van der Waals surface area (Å²) < 4.78 is 3.98. The number of hydrogen-bond donors (Lipinski definition) is 1. The summed E-state index contributed by atoms with van der Waals surface area (Å²) >= 11 is 0. The van der Waals surface area contributed by atoms with Crippen LogP contribution in [0.2, 0.25) is 0 Å². The van der Waals surface area contributed by atoms with Crippen molar-refractivity contribution in [2.45, 2.75) is 45.8 Å². The molecule has 0 atom stereocenters. The van der Waals surface area contributed by atoms with Gasteiger partial charge < -0.3 is 9.88 Å². The predicted octanol–water partition coefficient (Wildman–Crippen LogP) is 1.41. The van der Waals surface area contributed by atoms with Gasteiger partial charge in [0.1, 0.15) is 0 Å². The van der Waals surface area contributed by atoms with Crippen molar-refractivity contribution < 1.29 is 0 Å². The Hall–Kier alpha value is -1.69. The SMILES string of the molecule is CC(C)(C)n1cc(CNCCCn2ccnc2)nn1. The molecule has 19 heavy (non-hydrogen) atoms. The third-order valence-corrected chi connectivity index (χ3v) is 2.86. The van der Waals surface area contributed by atoms with Crippen LogP contribution in [0.5, 0.6) is 0 Å². The molecule has 2 rings (SSSR count). The number of aromatic nitrogens is 5. The first kappa shape index (κ1) is 13.7. The van der Waals surface area contributed by atoms with E-state index in [2.05, 4.69) is 46.0 Å². The lowest BCUT2D eigenvalue weighted by Gasteiger charge is -2.17. The molecule has 0 spiro atoms. The predicted molar refractivity (Wildman–Crippen MR) is 73.6 cm³/mol. The van der Waals surface area contributed by atoms with E-state index >= 15 is 0 Å². The Labute approximate surface area is 113 Å². The number of nitrogens with one attached hydrogen (secondary N) is 1. The lowest BCUT2D eigenvalue weighted by molar-refractivity contribution is 0.347. The molecule has 6 nitrogen and oxygen atoms in total. The molecule has 2 heterocycles. The molecule has 0 saturated carbocycles. The van der Waals surface area contributed by atoms with Crippen molar-refractivity contribution in [3.05, 3.63) is 30.6 Å². The second-order valence-electron chi connectivity index (χ2n) is 5.66. The van der Waals surface area contributed by atoms with E-state index in [1.54, 1.807) is 6.20 Å². The van der Waals surface area contributed by atoms with Crippen molar-refractivity contribution in [2.24, 2.45) is 0 Å². The van der Waals surface area contributed by atoms with Crippen LogP contribution in [-0.4, -0.2) is 31.1 Å². The lowest BCUT2D eigenvalue weighted by atomic mass is 10.1. The topological polar surface area (TPSA) is 60.6 Å². The molecular weight excluding hydrogens is 240 g/mol. The maximum atomic E-state index is 4.17. The molecule has 1 N–H and O–H groups in total. The van der Waals surface area contributed by atoms with E-state index < -0.39 is 0 Å². The molecule has 0 fully saturated rings. The van der Waals surface area contributed by atoms with E-state index in [0.29, 0.717) is 0 Å². The molecule has 104 valence electrons. The van der Waals surface area contributed by atoms with Crippen LogP contribution < -0.4 is 5.32 Å². The molecule has 0 bridgehead atoms. The molecule has 0 aromatic carbocycles. The van der Waals surface area contributed by atoms with Gasteiger partial charge in [0, 0.05) is 25.5 Å². The summed E-state index contributed by atoms with van der Waals surface area (Å²) in [5.41, 5.74) is 0.977. The molecule has 2 aromatic rings. The molecule has 6 heteroatoms. The summed E-state index contributed by atoms with van der Waals surface area (Å²) in [6, 6.07) is 0. The van der Waals surface area contributed by atoms with Crippen LogP contribution >= 0.6 is 0 Å². The summed E-state index contributed by atoms with van der Waals surface area (Å²) in [4.78, 5) is 4.02. The first-order valence-corrected chi connectivity index (χ1v) is 6.64. The number of rotatable bonds is 6. The molecule has 0 aliphatic carbocycles. The molecule has 0 aliphatic rings. The molecule has 0 amide bonds. The second-order valence-corrected chi connectivity index (χ2v) is 5.66. The van der Waals surface area contributed by atoms with Gasteiger partial charge in [-0.25, -0.2) is 9.67 Å². The van der Waals surface area contributed by atoms with Gasteiger partial charge in [0.15, 0.2) is 0 Å². The molecule has 0 saturated heterocycles. The van der Waals surface area contributed by atoms with Crippen LogP contribution in [0.25, 0.3) is 0 Å². The molecular formula is C13H22N6. The van der Waals surface area contributed by atoms with E-state index in [1.165, 1.54) is 0 Å². The van der Waals surface area contributed by atoms with E-state index in [1.807, 2.05) is 23.4 Å². The van der Waals surface area contributed by atoms with Crippen molar-refractivity contribution >= 4 is 0 Å². The van der Waals surface area contributed by atoms with E-state index in [0.717, 1.165) is 31.7 Å². The Morgan fingerprint density at radius 2 is 2.16 bits per heavy atom. The first-order valence-electron chi connectivity index (χ1n) is 6.64. The van der Waals surface area contributed by atoms with Gasteiger partial charge in [-0.15, -0.1) is 5.10 Å². The van der Waals surface area contributed by atoms with Gasteiger partial charge in [0.2, 0.25) is 0 Å². The highest BCUT2D eigenvalue weighted by Gasteiger charge is 2.14. The van der Waals surface area contributed by atoms with Crippen LogP contribution in [0.15, 0.2) is 24.9 Å². The van der Waals surface area contributed by atoms with E-state index in [9.17, 15) is 0 Å². The van der Waals surface area contributed by atoms with Gasteiger partial charge in [-0.1, -0.05) is 5.21 Å². The average molecular weight is 262 g/mol. The zero-order chi connectivity index (χ0) is 13.7. The largest absolute Gasteiger partial charge is 0.337 e. The highest BCUT2D eigenvalue weighted by molar-refractivity contribution is 4.93. The quantitative estimate of drug-likeness (QED) is 0.800. The first-order chi connectivity index (χ1) is 9.05. The summed E-state index contributed by atoms with van der Waals surface area (Å²) in [6.07, 6.45) is 8.70. The Balaban J connectivity index is 1.67. The van der Waals surface area contributed by atoms with Crippen LogP contribution in [-0.2, 0) is 18.6 Å². The minimum atomic E-state index is -0.00727. The van der Waals surface area contributed by atoms with Crippen LogP contribution in [0, 0.1) is 0 Å². The third kappa shape index (κ3) is 4.17. The van der Waals surface area contributed by atoms with Crippen LogP contribution in [0.4, 0.5) is 0 Å². The number of imidazole rings is 1. The van der Waals surface area contributed by atoms with E-state index in [-0.39, 0.29) is 5.54 Å². The molecule has 2 aromatic heterocycles. The van der Waals surface area contributed by atoms with Crippen molar-refractivity contribution in [3.8, 4) is 0 Å². The lowest BCUT2D eigenvalue weighted by Crippen LogP contribution is -2.22. The summed E-state index contributed by atoms with van der Waals surface area (Å²) in [7, 11) is 0. The Morgan fingerprint density at radius 1 is 1.32 bits per heavy atom. The maximum absolute atomic E-state index is 4.17. The van der Waals surface area contributed by atoms with Gasteiger partial charge in [-0.3, -0.25) is 0 Å². The number of hydrogen-bond acceptors (Lipinski definition) is 4. The van der Waals surface area contributed by atoms with Gasteiger partial charge in [-0.05, 0) is 33.7 Å². The monoisotopic (exact) mass is 262 g/mol. The van der Waals surface area contributed by atoms with Crippen LogP contribution in [0.1, 0.15) is 32.9 Å². The fourth-order valence-corrected chi connectivity index (χ4v) is 1.73. The zero-order valence-corrected chi connectivity index (χ0v) is 11.9. The minimum absolute atomic E-state index is 0.00727. The van der Waals surface area contributed by atoms with Gasteiger partial charge in [-0.2, -0.15) is 0 Å².